The van der Waals surface area contributed by atoms with E-state index in [2.05, 4.69) is 28.6 Å². The predicted octanol–water partition coefficient (Wildman–Crippen LogP) is 3.52. The molecule has 1 saturated heterocycles. The van der Waals surface area contributed by atoms with E-state index in [1.807, 2.05) is 0 Å². The maximum Gasteiger partial charge on any atom is 0.227 e. The second kappa shape index (κ2) is 5.16. The predicted molar refractivity (Wildman–Crippen MR) is 73.4 cm³/mol. The molecule has 17 heavy (non-hydrogen) atoms. The van der Waals surface area contributed by atoms with Gasteiger partial charge in [0.2, 0.25) is 5.91 Å². The van der Waals surface area contributed by atoms with E-state index in [0.29, 0.717) is 28.2 Å². The fourth-order valence-electron chi connectivity index (χ4n) is 1.91. The minimum absolute atomic E-state index is 0.0778. The number of thiol groups is 1. The molecule has 1 aliphatic rings. The zero-order chi connectivity index (χ0) is 12.6. The first-order valence-electron chi connectivity index (χ1n) is 5.08. The Labute approximate surface area is 118 Å². The molecule has 1 heterocycles. The number of amides is 1. The molecular weight excluding hydrogens is 329 g/mol. The van der Waals surface area contributed by atoms with Gasteiger partial charge in [-0.3, -0.25) is 4.79 Å². The summed E-state index contributed by atoms with van der Waals surface area (Å²) in [5.41, 5.74) is 0.267. The Hall–Kier alpha value is -0.260. The van der Waals surface area contributed by atoms with Crippen molar-refractivity contribution < 1.29 is 9.18 Å². The van der Waals surface area contributed by atoms with Gasteiger partial charge >= 0.3 is 0 Å². The first kappa shape index (κ1) is 13.2. The van der Waals surface area contributed by atoms with E-state index in [0.717, 1.165) is 0 Å². The van der Waals surface area contributed by atoms with Crippen LogP contribution in [0, 0.1) is 11.7 Å². The van der Waals surface area contributed by atoms with E-state index < -0.39 is 5.82 Å². The summed E-state index contributed by atoms with van der Waals surface area (Å²) in [4.78, 5) is 13.3. The summed E-state index contributed by atoms with van der Waals surface area (Å²) in [5, 5.41) is 0.301. The van der Waals surface area contributed by atoms with Crippen molar-refractivity contribution in [2.24, 2.45) is 5.92 Å². The molecule has 6 heteroatoms. The summed E-state index contributed by atoms with van der Waals surface area (Å²) < 4.78 is 14.3. The molecule has 1 atom stereocenters. The molecule has 0 spiro atoms. The topological polar surface area (TPSA) is 20.3 Å². The van der Waals surface area contributed by atoms with Crippen LogP contribution in [0.25, 0.3) is 0 Å². The van der Waals surface area contributed by atoms with Crippen LogP contribution in [0.4, 0.5) is 10.1 Å². The third kappa shape index (κ3) is 2.61. The molecule has 1 aromatic rings. The highest BCUT2D eigenvalue weighted by atomic mass is 79.9. The van der Waals surface area contributed by atoms with E-state index in [-0.39, 0.29) is 17.5 Å². The zero-order valence-electron chi connectivity index (χ0n) is 8.79. The molecule has 1 unspecified atom stereocenters. The van der Waals surface area contributed by atoms with Crippen LogP contribution in [0.5, 0.6) is 0 Å². The number of anilines is 1. The van der Waals surface area contributed by atoms with Crippen molar-refractivity contribution in [3.05, 3.63) is 27.4 Å². The number of rotatable bonds is 2. The molecule has 0 N–H and O–H groups in total. The fourth-order valence-corrected chi connectivity index (χ4v) is 3.14. The Balaban J connectivity index is 2.38. The number of carbonyl (C=O) groups excluding carboxylic acids is 1. The summed E-state index contributed by atoms with van der Waals surface area (Å²) in [6.45, 7) is 0.499. The van der Waals surface area contributed by atoms with Gasteiger partial charge in [0, 0.05) is 22.5 Å². The van der Waals surface area contributed by atoms with Gasteiger partial charge in [0.25, 0.3) is 0 Å². The van der Waals surface area contributed by atoms with Crippen LogP contribution in [0.1, 0.15) is 6.42 Å². The highest BCUT2D eigenvalue weighted by Gasteiger charge is 2.32. The van der Waals surface area contributed by atoms with Gasteiger partial charge < -0.3 is 4.90 Å². The van der Waals surface area contributed by atoms with Gasteiger partial charge in [0.1, 0.15) is 5.82 Å². The van der Waals surface area contributed by atoms with Gasteiger partial charge in [-0.1, -0.05) is 11.6 Å². The van der Waals surface area contributed by atoms with E-state index in [4.69, 9.17) is 11.6 Å². The van der Waals surface area contributed by atoms with E-state index in [1.165, 1.54) is 11.0 Å². The van der Waals surface area contributed by atoms with E-state index in [9.17, 15) is 9.18 Å². The molecule has 0 aromatic heterocycles. The smallest absolute Gasteiger partial charge is 0.227 e. The Morgan fingerprint density at radius 3 is 2.82 bits per heavy atom. The Morgan fingerprint density at radius 1 is 1.59 bits per heavy atom. The highest BCUT2D eigenvalue weighted by molar-refractivity contribution is 9.10. The van der Waals surface area contributed by atoms with Crippen LogP contribution in [-0.4, -0.2) is 18.2 Å². The number of halogens is 3. The normalized spacial score (nSPS) is 20.1. The lowest BCUT2D eigenvalue weighted by atomic mass is 10.1. The van der Waals surface area contributed by atoms with Crippen LogP contribution >= 0.6 is 40.2 Å². The number of carbonyl (C=O) groups is 1. The Morgan fingerprint density at radius 2 is 2.29 bits per heavy atom. The summed E-state index contributed by atoms with van der Waals surface area (Å²) in [6.07, 6.45) is 0.415. The molecule has 1 aliphatic heterocycles. The minimum atomic E-state index is -0.488. The lowest BCUT2D eigenvalue weighted by Gasteiger charge is -2.19. The van der Waals surface area contributed by atoms with Gasteiger partial charge in [-0.15, -0.1) is 0 Å². The number of nitrogens with zero attached hydrogens (tertiary/aromatic N) is 1. The second-order valence-electron chi connectivity index (χ2n) is 3.98. The molecule has 0 aliphatic carbocycles. The average molecular weight is 339 g/mol. The quantitative estimate of drug-likeness (QED) is 0.818. The first-order valence-corrected chi connectivity index (χ1v) is 6.89. The molecular formula is C11H10BrClFNOS. The van der Waals surface area contributed by atoms with Crippen molar-refractivity contribution in [2.45, 2.75) is 6.42 Å². The number of hydrogen-bond acceptors (Lipinski definition) is 2. The molecule has 2 nitrogen and oxygen atoms in total. The summed E-state index contributed by atoms with van der Waals surface area (Å²) >= 11 is 13.1. The van der Waals surface area contributed by atoms with Crippen molar-refractivity contribution in [3.63, 3.8) is 0 Å². The standard InChI is InChI=1S/C11H10BrClFNOS/c12-8-2-7(13)3-9(14)11(8)15-4-6(5-17)1-10(15)16/h2-3,6,17H,1,4-5H2. The maximum atomic E-state index is 13.8. The van der Waals surface area contributed by atoms with Crippen LogP contribution < -0.4 is 4.90 Å². The van der Waals surface area contributed by atoms with Crippen LogP contribution in [0.2, 0.25) is 5.02 Å². The summed E-state index contributed by atoms with van der Waals surface area (Å²) in [7, 11) is 0. The van der Waals surface area contributed by atoms with E-state index >= 15 is 0 Å². The SMILES string of the molecule is O=C1CC(CS)CN1c1c(F)cc(Cl)cc1Br. The fraction of sp³-hybridized carbons (Fsp3) is 0.364. The van der Waals surface area contributed by atoms with Crippen molar-refractivity contribution in [2.75, 3.05) is 17.2 Å². The van der Waals surface area contributed by atoms with Gasteiger partial charge in [0.15, 0.2) is 0 Å². The Kier molecular flexibility index (Phi) is 4.00. The lowest BCUT2D eigenvalue weighted by Crippen LogP contribution is -2.26. The number of benzene rings is 1. The molecule has 0 bridgehead atoms. The van der Waals surface area contributed by atoms with Crippen LogP contribution in [0.15, 0.2) is 16.6 Å². The van der Waals surface area contributed by atoms with Gasteiger partial charge in [-0.2, -0.15) is 12.6 Å². The van der Waals surface area contributed by atoms with Crippen LogP contribution in [-0.2, 0) is 4.79 Å². The van der Waals surface area contributed by atoms with Crippen molar-refractivity contribution >= 4 is 51.8 Å². The third-order valence-electron chi connectivity index (χ3n) is 2.71. The summed E-state index contributed by atoms with van der Waals surface area (Å²) in [6, 6.07) is 2.80. The molecule has 1 aromatic carbocycles. The highest BCUT2D eigenvalue weighted by Crippen LogP contribution is 2.36. The summed E-state index contributed by atoms with van der Waals surface area (Å²) in [5.74, 6) is 0.228. The van der Waals surface area contributed by atoms with Crippen LogP contribution in [0.3, 0.4) is 0 Å². The van der Waals surface area contributed by atoms with Crippen molar-refractivity contribution in [3.8, 4) is 0 Å². The zero-order valence-corrected chi connectivity index (χ0v) is 12.0. The molecule has 1 fully saturated rings. The second-order valence-corrected chi connectivity index (χ2v) is 5.63. The minimum Gasteiger partial charge on any atom is -0.308 e. The average Bonchev–Trinajstić information content (AvgIpc) is 2.59. The van der Waals surface area contributed by atoms with Gasteiger partial charge in [-0.05, 0) is 39.7 Å². The van der Waals surface area contributed by atoms with Gasteiger partial charge in [-0.25, -0.2) is 4.39 Å². The molecule has 1 amide bonds. The molecule has 0 saturated carbocycles. The lowest BCUT2D eigenvalue weighted by molar-refractivity contribution is -0.117. The first-order chi connectivity index (χ1) is 8.02. The van der Waals surface area contributed by atoms with Crippen molar-refractivity contribution in [1.82, 2.24) is 0 Å². The molecule has 0 radical (unpaired) electrons. The molecule has 92 valence electrons. The largest absolute Gasteiger partial charge is 0.308 e. The molecule has 2 rings (SSSR count). The monoisotopic (exact) mass is 337 g/mol. The number of hydrogen-bond donors (Lipinski definition) is 1. The third-order valence-corrected chi connectivity index (χ3v) is 4.05. The van der Waals surface area contributed by atoms with Gasteiger partial charge in [0.05, 0.1) is 5.69 Å². The van der Waals surface area contributed by atoms with E-state index in [1.54, 1.807) is 6.07 Å². The maximum absolute atomic E-state index is 13.8. The van der Waals surface area contributed by atoms with Crippen molar-refractivity contribution in [1.29, 1.82) is 0 Å². The Bertz CT molecular complexity index is 448.